The zero-order valence-electron chi connectivity index (χ0n) is 13.2. The summed E-state index contributed by atoms with van der Waals surface area (Å²) in [5.74, 6) is -0.162. The molecule has 0 radical (unpaired) electrons. The Morgan fingerprint density at radius 3 is 2.91 bits per heavy atom. The number of rotatable bonds is 3. The summed E-state index contributed by atoms with van der Waals surface area (Å²) in [7, 11) is 0. The first-order valence-corrected chi connectivity index (χ1v) is 8.14. The first kappa shape index (κ1) is 14.4. The summed E-state index contributed by atoms with van der Waals surface area (Å²) in [6.45, 7) is 3.93. The molecule has 0 saturated heterocycles. The van der Waals surface area contributed by atoms with Crippen molar-refractivity contribution >= 4 is 10.9 Å². The maximum atomic E-state index is 13.7. The van der Waals surface area contributed by atoms with Gasteiger partial charge in [-0.05, 0) is 54.8 Å². The van der Waals surface area contributed by atoms with Crippen LogP contribution in [-0.4, -0.2) is 15.6 Å². The summed E-state index contributed by atoms with van der Waals surface area (Å²) in [6.07, 6.45) is 5.61. The Balaban J connectivity index is 1.77. The SMILES string of the molecule is CC1Cc2c(c3cc(F)ccc3n2CCc2ccncc2)CN1. The van der Waals surface area contributed by atoms with Gasteiger partial charge < -0.3 is 9.88 Å². The lowest BCUT2D eigenvalue weighted by atomic mass is 10.0. The molecule has 0 fully saturated rings. The molecule has 1 atom stereocenters. The summed E-state index contributed by atoms with van der Waals surface area (Å²) in [5, 5.41) is 4.54. The van der Waals surface area contributed by atoms with Crippen LogP contribution >= 0.6 is 0 Å². The van der Waals surface area contributed by atoms with Gasteiger partial charge in [0.25, 0.3) is 0 Å². The van der Waals surface area contributed by atoms with Crippen LogP contribution in [0.1, 0.15) is 23.7 Å². The monoisotopic (exact) mass is 309 g/mol. The van der Waals surface area contributed by atoms with Gasteiger partial charge in [-0.1, -0.05) is 0 Å². The van der Waals surface area contributed by atoms with Crippen molar-refractivity contribution in [2.24, 2.45) is 0 Å². The fourth-order valence-corrected chi connectivity index (χ4v) is 3.56. The first-order chi connectivity index (χ1) is 11.2. The van der Waals surface area contributed by atoms with E-state index in [1.165, 1.54) is 16.8 Å². The minimum Gasteiger partial charge on any atom is -0.344 e. The van der Waals surface area contributed by atoms with Gasteiger partial charge in [-0.25, -0.2) is 4.39 Å². The van der Waals surface area contributed by atoms with Gasteiger partial charge in [0.1, 0.15) is 5.82 Å². The molecule has 0 bridgehead atoms. The van der Waals surface area contributed by atoms with E-state index in [0.29, 0.717) is 6.04 Å². The second-order valence-electron chi connectivity index (χ2n) is 6.33. The number of hydrogen-bond acceptors (Lipinski definition) is 2. The maximum Gasteiger partial charge on any atom is 0.123 e. The average molecular weight is 309 g/mol. The molecule has 1 N–H and O–H groups in total. The Hall–Kier alpha value is -2.20. The molecule has 3 nitrogen and oxygen atoms in total. The zero-order valence-corrected chi connectivity index (χ0v) is 13.2. The lowest BCUT2D eigenvalue weighted by Crippen LogP contribution is -2.33. The molecule has 0 saturated carbocycles. The molecule has 4 heteroatoms. The van der Waals surface area contributed by atoms with E-state index in [0.717, 1.165) is 36.8 Å². The second-order valence-corrected chi connectivity index (χ2v) is 6.33. The van der Waals surface area contributed by atoms with E-state index in [4.69, 9.17) is 0 Å². The highest BCUT2D eigenvalue weighted by atomic mass is 19.1. The van der Waals surface area contributed by atoms with Gasteiger partial charge in [-0.3, -0.25) is 4.98 Å². The van der Waals surface area contributed by atoms with E-state index >= 15 is 0 Å². The molecule has 0 amide bonds. The van der Waals surface area contributed by atoms with E-state index < -0.39 is 0 Å². The van der Waals surface area contributed by atoms with E-state index in [-0.39, 0.29) is 5.82 Å². The maximum absolute atomic E-state index is 13.7. The van der Waals surface area contributed by atoms with E-state index in [1.54, 1.807) is 12.1 Å². The van der Waals surface area contributed by atoms with Crippen LogP contribution in [0.2, 0.25) is 0 Å². The van der Waals surface area contributed by atoms with Crippen LogP contribution in [0.4, 0.5) is 4.39 Å². The van der Waals surface area contributed by atoms with Crippen LogP contribution in [0.15, 0.2) is 42.7 Å². The number of aryl methyl sites for hydroxylation is 2. The standard InChI is InChI=1S/C19H20FN3/c1-13-10-19-17(12-22-13)16-11-15(20)2-3-18(16)23(19)9-6-14-4-7-21-8-5-14/h2-5,7-8,11,13,22H,6,9-10,12H2,1H3. The highest BCUT2D eigenvalue weighted by molar-refractivity contribution is 5.86. The largest absolute Gasteiger partial charge is 0.344 e. The van der Waals surface area contributed by atoms with Gasteiger partial charge in [0.2, 0.25) is 0 Å². The van der Waals surface area contributed by atoms with Crippen molar-refractivity contribution in [2.45, 2.75) is 38.9 Å². The first-order valence-electron chi connectivity index (χ1n) is 8.14. The number of fused-ring (bicyclic) bond motifs is 3. The van der Waals surface area contributed by atoms with Crippen molar-refractivity contribution in [1.29, 1.82) is 0 Å². The van der Waals surface area contributed by atoms with Gasteiger partial charge in [0.05, 0.1) is 0 Å². The quantitative estimate of drug-likeness (QED) is 0.803. The number of nitrogens with one attached hydrogen (secondary N) is 1. The van der Waals surface area contributed by atoms with E-state index in [1.807, 2.05) is 18.5 Å². The average Bonchev–Trinajstić information content (AvgIpc) is 2.86. The van der Waals surface area contributed by atoms with Crippen molar-refractivity contribution in [3.63, 3.8) is 0 Å². The summed E-state index contributed by atoms with van der Waals surface area (Å²) in [5.41, 5.74) is 5.03. The van der Waals surface area contributed by atoms with E-state index in [9.17, 15) is 4.39 Å². The summed E-state index contributed by atoms with van der Waals surface area (Å²) >= 11 is 0. The lowest BCUT2D eigenvalue weighted by molar-refractivity contribution is 0.492. The predicted octanol–water partition coefficient (Wildman–Crippen LogP) is 3.45. The van der Waals surface area contributed by atoms with Gasteiger partial charge in [-0.2, -0.15) is 0 Å². The van der Waals surface area contributed by atoms with Crippen LogP contribution in [-0.2, 0) is 25.9 Å². The van der Waals surface area contributed by atoms with Crippen LogP contribution < -0.4 is 5.32 Å². The van der Waals surface area contributed by atoms with Crippen molar-refractivity contribution in [2.75, 3.05) is 0 Å². The van der Waals surface area contributed by atoms with Gasteiger partial charge in [0.15, 0.2) is 0 Å². The topological polar surface area (TPSA) is 29.9 Å². The summed E-state index contributed by atoms with van der Waals surface area (Å²) in [4.78, 5) is 4.07. The molecule has 23 heavy (non-hydrogen) atoms. The van der Waals surface area contributed by atoms with Gasteiger partial charge in [0, 0.05) is 54.5 Å². The summed E-state index contributed by atoms with van der Waals surface area (Å²) in [6, 6.07) is 9.73. The third-order valence-electron chi connectivity index (χ3n) is 4.75. The number of hydrogen-bond donors (Lipinski definition) is 1. The molecule has 3 aromatic rings. The number of benzene rings is 1. The Labute approximate surface area is 135 Å². The molecular weight excluding hydrogens is 289 g/mol. The molecule has 2 aromatic heterocycles. The minimum atomic E-state index is -0.162. The molecular formula is C19H20FN3. The lowest BCUT2D eigenvalue weighted by Gasteiger charge is -2.23. The highest BCUT2D eigenvalue weighted by Gasteiger charge is 2.23. The Morgan fingerprint density at radius 1 is 1.26 bits per heavy atom. The molecule has 0 spiro atoms. The van der Waals surface area contributed by atoms with Gasteiger partial charge >= 0.3 is 0 Å². The molecule has 3 heterocycles. The molecule has 1 aromatic carbocycles. The van der Waals surface area contributed by atoms with Crippen molar-refractivity contribution in [3.05, 3.63) is 65.4 Å². The van der Waals surface area contributed by atoms with E-state index in [2.05, 4.69) is 33.9 Å². The Bertz CT molecular complexity index is 839. The number of halogens is 1. The van der Waals surface area contributed by atoms with Crippen LogP contribution in [0.5, 0.6) is 0 Å². The minimum absolute atomic E-state index is 0.162. The normalized spacial score (nSPS) is 17.4. The number of aromatic nitrogens is 2. The Morgan fingerprint density at radius 2 is 2.09 bits per heavy atom. The van der Waals surface area contributed by atoms with Crippen LogP contribution in [0, 0.1) is 5.82 Å². The third-order valence-corrected chi connectivity index (χ3v) is 4.75. The molecule has 1 unspecified atom stereocenters. The Kier molecular flexibility index (Phi) is 3.62. The number of pyridine rings is 1. The second kappa shape index (κ2) is 5.78. The fraction of sp³-hybridized carbons (Fsp3) is 0.316. The zero-order chi connectivity index (χ0) is 15.8. The van der Waals surface area contributed by atoms with Crippen molar-refractivity contribution in [3.8, 4) is 0 Å². The van der Waals surface area contributed by atoms with Crippen molar-refractivity contribution < 1.29 is 4.39 Å². The molecule has 1 aliphatic rings. The number of nitrogens with zero attached hydrogens (tertiary/aromatic N) is 2. The van der Waals surface area contributed by atoms with Crippen LogP contribution in [0.25, 0.3) is 10.9 Å². The van der Waals surface area contributed by atoms with Crippen LogP contribution in [0.3, 0.4) is 0 Å². The highest BCUT2D eigenvalue weighted by Crippen LogP contribution is 2.30. The fourth-order valence-electron chi connectivity index (χ4n) is 3.56. The molecule has 0 aliphatic carbocycles. The molecule has 4 rings (SSSR count). The smallest absolute Gasteiger partial charge is 0.123 e. The molecule has 1 aliphatic heterocycles. The summed E-state index contributed by atoms with van der Waals surface area (Å²) < 4.78 is 16.1. The van der Waals surface area contributed by atoms with Gasteiger partial charge in [-0.15, -0.1) is 0 Å². The van der Waals surface area contributed by atoms with Crippen molar-refractivity contribution in [1.82, 2.24) is 14.9 Å². The molecule has 118 valence electrons. The predicted molar refractivity (Wildman–Crippen MR) is 89.8 cm³/mol. The third kappa shape index (κ3) is 2.63.